The average Bonchev–Trinajstić information content (AvgIpc) is 3.40. The lowest BCUT2D eigenvalue weighted by atomic mass is 9.93. The lowest BCUT2D eigenvalue weighted by molar-refractivity contribution is 0.0387. The van der Waals surface area contributed by atoms with E-state index in [0.717, 1.165) is 24.5 Å². The number of rotatable bonds is 5. The average molecular weight is 292 g/mol. The van der Waals surface area contributed by atoms with Crippen molar-refractivity contribution in [3.8, 4) is 0 Å². The minimum Gasteiger partial charge on any atom is -0.329 e. The summed E-state index contributed by atoms with van der Waals surface area (Å²) in [5, 5.41) is 0. The van der Waals surface area contributed by atoms with E-state index in [1.165, 1.54) is 71.4 Å². The molecule has 2 atom stereocenters. The molecule has 2 aliphatic carbocycles. The first-order valence-corrected chi connectivity index (χ1v) is 9.13. The maximum Gasteiger partial charge on any atom is 0.0474 e. The van der Waals surface area contributed by atoms with Gasteiger partial charge in [-0.05, 0) is 44.9 Å². The van der Waals surface area contributed by atoms with Crippen molar-refractivity contribution in [2.24, 2.45) is 11.7 Å². The zero-order chi connectivity index (χ0) is 14.4. The molecule has 120 valence electrons. The van der Waals surface area contributed by atoms with Crippen molar-refractivity contribution in [1.82, 2.24) is 14.7 Å². The molecule has 2 unspecified atom stereocenters. The monoisotopic (exact) mass is 292 g/mol. The molecule has 0 spiro atoms. The van der Waals surface area contributed by atoms with E-state index >= 15 is 0 Å². The molecule has 4 fully saturated rings. The molecule has 2 saturated heterocycles. The summed E-state index contributed by atoms with van der Waals surface area (Å²) >= 11 is 0. The van der Waals surface area contributed by atoms with Crippen LogP contribution >= 0.6 is 0 Å². The molecule has 0 aromatic rings. The van der Waals surface area contributed by atoms with E-state index in [0.29, 0.717) is 0 Å². The molecule has 4 rings (SSSR count). The lowest BCUT2D eigenvalue weighted by Gasteiger charge is -2.45. The summed E-state index contributed by atoms with van der Waals surface area (Å²) in [7, 11) is 0. The summed E-state index contributed by atoms with van der Waals surface area (Å²) in [6.07, 6.45) is 7.06. The van der Waals surface area contributed by atoms with Gasteiger partial charge >= 0.3 is 0 Å². The van der Waals surface area contributed by atoms with Gasteiger partial charge in [-0.15, -0.1) is 0 Å². The molecule has 2 N–H and O–H groups in total. The van der Waals surface area contributed by atoms with Crippen LogP contribution in [-0.2, 0) is 0 Å². The summed E-state index contributed by atoms with van der Waals surface area (Å²) < 4.78 is 0. The Labute approximate surface area is 129 Å². The highest BCUT2D eigenvalue weighted by Crippen LogP contribution is 2.40. The molecular weight excluding hydrogens is 260 g/mol. The molecule has 0 radical (unpaired) electrons. The zero-order valence-corrected chi connectivity index (χ0v) is 13.6. The maximum absolute atomic E-state index is 6.29. The van der Waals surface area contributed by atoms with E-state index in [-0.39, 0.29) is 5.54 Å². The van der Waals surface area contributed by atoms with Crippen LogP contribution in [-0.4, -0.2) is 78.1 Å². The minimum atomic E-state index is 0.272. The SMILES string of the molecule is CC1CC(CN)(N2CCN(CC3CC3)CC2)CN1C1CC1. The quantitative estimate of drug-likeness (QED) is 0.819. The smallest absolute Gasteiger partial charge is 0.0474 e. The van der Waals surface area contributed by atoms with Crippen molar-refractivity contribution < 1.29 is 0 Å². The molecule has 4 nitrogen and oxygen atoms in total. The van der Waals surface area contributed by atoms with Crippen LogP contribution < -0.4 is 5.73 Å². The molecule has 2 saturated carbocycles. The molecule has 0 bridgehead atoms. The van der Waals surface area contributed by atoms with Crippen LogP contribution in [0.2, 0.25) is 0 Å². The summed E-state index contributed by atoms with van der Waals surface area (Å²) in [4.78, 5) is 8.19. The molecule has 2 heterocycles. The number of nitrogens with two attached hydrogens (primary N) is 1. The Morgan fingerprint density at radius 1 is 1.05 bits per heavy atom. The second-order valence-electron chi connectivity index (χ2n) is 8.12. The molecule has 21 heavy (non-hydrogen) atoms. The van der Waals surface area contributed by atoms with Gasteiger partial charge in [0, 0.05) is 63.4 Å². The van der Waals surface area contributed by atoms with Gasteiger partial charge in [-0.1, -0.05) is 0 Å². The molecule has 4 aliphatic rings. The number of nitrogens with zero attached hydrogens (tertiary/aromatic N) is 3. The predicted octanol–water partition coefficient (Wildman–Crippen LogP) is 0.968. The molecule has 2 aliphatic heterocycles. The third-order valence-corrected chi connectivity index (χ3v) is 6.37. The van der Waals surface area contributed by atoms with E-state index < -0.39 is 0 Å². The molecule has 4 heteroatoms. The Bertz CT molecular complexity index is 371. The normalized spacial score (nSPS) is 40.0. The van der Waals surface area contributed by atoms with Crippen LogP contribution in [0.25, 0.3) is 0 Å². The van der Waals surface area contributed by atoms with Gasteiger partial charge in [-0.25, -0.2) is 0 Å². The molecule has 0 aromatic carbocycles. The van der Waals surface area contributed by atoms with E-state index in [2.05, 4.69) is 21.6 Å². The van der Waals surface area contributed by atoms with Gasteiger partial charge in [-0.2, -0.15) is 0 Å². The molecule has 0 amide bonds. The highest BCUT2D eigenvalue weighted by Gasteiger charge is 2.49. The number of likely N-dealkylation sites (tertiary alicyclic amines) is 1. The van der Waals surface area contributed by atoms with E-state index in [1.807, 2.05) is 0 Å². The largest absolute Gasteiger partial charge is 0.329 e. The van der Waals surface area contributed by atoms with Crippen molar-refractivity contribution in [2.45, 2.75) is 56.7 Å². The summed E-state index contributed by atoms with van der Waals surface area (Å²) in [5.74, 6) is 1.02. The standard InChI is InChI=1S/C17H32N4/c1-14-10-17(12-18,13-21(14)16-4-5-16)20-8-6-19(7-9-20)11-15-2-3-15/h14-16H,2-13,18H2,1H3. The third kappa shape index (κ3) is 2.88. The first-order chi connectivity index (χ1) is 10.2. The summed E-state index contributed by atoms with van der Waals surface area (Å²) in [6, 6.07) is 1.61. The van der Waals surface area contributed by atoms with Gasteiger partial charge in [0.15, 0.2) is 0 Å². The van der Waals surface area contributed by atoms with Crippen LogP contribution in [0.3, 0.4) is 0 Å². The second-order valence-corrected chi connectivity index (χ2v) is 8.12. The topological polar surface area (TPSA) is 35.7 Å². The van der Waals surface area contributed by atoms with Crippen LogP contribution in [0.15, 0.2) is 0 Å². The van der Waals surface area contributed by atoms with Crippen LogP contribution in [0.1, 0.15) is 39.0 Å². The Balaban J connectivity index is 1.37. The summed E-state index contributed by atoms with van der Waals surface area (Å²) in [5.41, 5.74) is 6.56. The van der Waals surface area contributed by atoms with Gasteiger partial charge in [0.2, 0.25) is 0 Å². The fraction of sp³-hybridized carbons (Fsp3) is 1.00. The Morgan fingerprint density at radius 2 is 1.76 bits per heavy atom. The van der Waals surface area contributed by atoms with Gasteiger partial charge in [0.1, 0.15) is 0 Å². The fourth-order valence-electron chi connectivity index (χ4n) is 4.70. The van der Waals surface area contributed by atoms with Gasteiger partial charge in [0.05, 0.1) is 0 Å². The Morgan fingerprint density at radius 3 is 2.33 bits per heavy atom. The van der Waals surface area contributed by atoms with Gasteiger partial charge in [0.25, 0.3) is 0 Å². The number of hydrogen-bond acceptors (Lipinski definition) is 4. The van der Waals surface area contributed by atoms with Crippen LogP contribution in [0, 0.1) is 5.92 Å². The van der Waals surface area contributed by atoms with E-state index in [1.54, 1.807) is 0 Å². The van der Waals surface area contributed by atoms with Crippen molar-refractivity contribution >= 4 is 0 Å². The Hall–Kier alpha value is -0.160. The lowest BCUT2D eigenvalue weighted by Crippen LogP contribution is -2.61. The van der Waals surface area contributed by atoms with Crippen LogP contribution in [0.4, 0.5) is 0 Å². The molecular formula is C17H32N4. The first-order valence-electron chi connectivity index (χ1n) is 9.13. The highest BCUT2D eigenvalue weighted by molar-refractivity contribution is 5.07. The fourth-order valence-corrected chi connectivity index (χ4v) is 4.70. The second kappa shape index (κ2) is 5.48. The van der Waals surface area contributed by atoms with Crippen LogP contribution in [0.5, 0.6) is 0 Å². The van der Waals surface area contributed by atoms with E-state index in [9.17, 15) is 0 Å². The minimum absolute atomic E-state index is 0.272. The van der Waals surface area contributed by atoms with Gasteiger partial charge < -0.3 is 10.6 Å². The van der Waals surface area contributed by atoms with Crippen molar-refractivity contribution in [3.05, 3.63) is 0 Å². The summed E-state index contributed by atoms with van der Waals surface area (Å²) in [6.45, 7) is 10.8. The van der Waals surface area contributed by atoms with Gasteiger partial charge in [-0.3, -0.25) is 9.80 Å². The van der Waals surface area contributed by atoms with E-state index in [4.69, 9.17) is 5.73 Å². The number of hydrogen-bond donors (Lipinski definition) is 1. The van der Waals surface area contributed by atoms with Crippen molar-refractivity contribution in [3.63, 3.8) is 0 Å². The van der Waals surface area contributed by atoms with Crippen molar-refractivity contribution in [1.29, 1.82) is 0 Å². The number of piperazine rings is 1. The van der Waals surface area contributed by atoms with Crippen molar-refractivity contribution in [2.75, 3.05) is 45.8 Å². The zero-order valence-electron chi connectivity index (χ0n) is 13.6. The molecule has 0 aromatic heterocycles. The first kappa shape index (κ1) is 14.4. The third-order valence-electron chi connectivity index (χ3n) is 6.37. The Kier molecular flexibility index (Phi) is 3.77. The maximum atomic E-state index is 6.29. The predicted molar refractivity (Wildman–Crippen MR) is 86.3 cm³/mol. The highest BCUT2D eigenvalue weighted by atomic mass is 15.4.